The molecule has 2 amide bonds. The first-order valence-electron chi connectivity index (χ1n) is 9.46. The second kappa shape index (κ2) is 9.34. The molecule has 0 spiro atoms. The highest BCUT2D eigenvalue weighted by Gasteiger charge is 2.32. The van der Waals surface area contributed by atoms with Gasteiger partial charge in [-0.3, -0.25) is 9.59 Å². The topological polar surface area (TPSA) is 94.3 Å². The van der Waals surface area contributed by atoms with E-state index in [2.05, 4.69) is 15.0 Å². The fourth-order valence-electron chi connectivity index (χ4n) is 3.32. The Bertz CT molecular complexity index is 1070. The first-order chi connectivity index (χ1) is 14.7. The molecule has 2 aromatic carbocycles. The van der Waals surface area contributed by atoms with Crippen molar-refractivity contribution in [2.24, 2.45) is 17.6 Å². The lowest BCUT2D eigenvalue weighted by Gasteiger charge is -2.22. The van der Waals surface area contributed by atoms with E-state index in [9.17, 15) is 22.8 Å². The number of carbonyl (C=O) groups is 2. The first kappa shape index (κ1) is 22.5. The monoisotopic (exact) mass is 451 g/mol. The lowest BCUT2D eigenvalue weighted by molar-refractivity contribution is -0.274. The number of hydrogen-bond acceptors (Lipinski definition) is 5. The number of ether oxygens (including phenoxy) is 1. The number of thiazole rings is 1. The summed E-state index contributed by atoms with van der Waals surface area (Å²) in [4.78, 5) is 29.2. The third kappa shape index (κ3) is 5.94. The van der Waals surface area contributed by atoms with Crippen molar-refractivity contribution in [3.8, 4) is 5.75 Å². The highest BCUT2D eigenvalue weighted by Crippen LogP contribution is 2.32. The van der Waals surface area contributed by atoms with Crippen LogP contribution in [0.4, 0.5) is 18.3 Å². The van der Waals surface area contributed by atoms with Gasteiger partial charge in [0.1, 0.15) is 5.75 Å². The third-order valence-electron chi connectivity index (χ3n) is 4.75. The average Bonchev–Trinajstić information content (AvgIpc) is 3.08. The molecule has 0 aliphatic carbocycles. The number of rotatable bonds is 8. The standard InChI is InChI=1S/C21H20F3N3O3S/c1-2-14(18(25)28)15(10-12-6-4-3-5-7-12)19(29)27-20-26-16-9-8-13(11-17(16)31-20)30-21(22,23)24/h3-9,11,14-15H,2,10H2,1H3,(H2,25,28)(H,26,27,29)/t14?,15-/m0/s1. The van der Waals surface area contributed by atoms with Crippen molar-refractivity contribution in [1.29, 1.82) is 0 Å². The van der Waals surface area contributed by atoms with Crippen molar-refractivity contribution in [3.05, 3.63) is 54.1 Å². The number of fused-ring (bicyclic) bond motifs is 1. The molecular weight excluding hydrogens is 431 g/mol. The molecule has 1 heterocycles. The molecule has 0 fully saturated rings. The van der Waals surface area contributed by atoms with Gasteiger partial charge in [-0.05, 0) is 30.5 Å². The maximum Gasteiger partial charge on any atom is 0.573 e. The number of hydrogen-bond donors (Lipinski definition) is 2. The van der Waals surface area contributed by atoms with Crippen LogP contribution in [-0.4, -0.2) is 23.2 Å². The summed E-state index contributed by atoms with van der Waals surface area (Å²) in [6, 6.07) is 13.0. The van der Waals surface area contributed by atoms with E-state index in [4.69, 9.17) is 5.73 Å². The van der Waals surface area contributed by atoms with Gasteiger partial charge in [0.2, 0.25) is 11.8 Å². The smallest absolute Gasteiger partial charge is 0.406 e. The Labute approximate surface area is 180 Å². The maximum atomic E-state index is 13.0. The normalized spacial score (nSPS) is 13.5. The molecule has 1 aromatic heterocycles. The zero-order valence-electron chi connectivity index (χ0n) is 16.5. The fourth-order valence-corrected chi connectivity index (χ4v) is 4.22. The molecule has 3 N–H and O–H groups in total. The van der Waals surface area contributed by atoms with E-state index in [0.29, 0.717) is 23.1 Å². The van der Waals surface area contributed by atoms with E-state index < -0.39 is 30.0 Å². The molecule has 2 atom stereocenters. The van der Waals surface area contributed by atoms with E-state index in [1.54, 1.807) is 6.92 Å². The summed E-state index contributed by atoms with van der Waals surface area (Å²) in [6.07, 6.45) is -4.11. The molecule has 3 rings (SSSR count). The van der Waals surface area contributed by atoms with Crippen LogP contribution in [0.25, 0.3) is 10.2 Å². The molecule has 164 valence electrons. The number of alkyl halides is 3. The second-order valence-electron chi connectivity index (χ2n) is 6.90. The summed E-state index contributed by atoms with van der Waals surface area (Å²) in [6.45, 7) is 1.78. The number of nitrogens with zero attached hydrogens (tertiary/aromatic N) is 1. The van der Waals surface area contributed by atoms with Gasteiger partial charge in [-0.25, -0.2) is 4.98 Å². The van der Waals surface area contributed by atoms with Crippen LogP contribution in [-0.2, 0) is 16.0 Å². The number of aromatic nitrogens is 1. The number of nitrogens with one attached hydrogen (secondary N) is 1. The Morgan fingerprint density at radius 3 is 2.48 bits per heavy atom. The van der Waals surface area contributed by atoms with Crippen LogP contribution in [0.15, 0.2) is 48.5 Å². The molecule has 1 unspecified atom stereocenters. The summed E-state index contributed by atoms with van der Waals surface area (Å²) >= 11 is 1.01. The largest absolute Gasteiger partial charge is 0.573 e. The Kier molecular flexibility index (Phi) is 6.79. The van der Waals surface area contributed by atoms with Gasteiger partial charge in [-0.2, -0.15) is 0 Å². The van der Waals surface area contributed by atoms with E-state index in [0.717, 1.165) is 23.0 Å². The van der Waals surface area contributed by atoms with Gasteiger partial charge in [0, 0.05) is 12.0 Å². The molecule has 0 bridgehead atoms. The Morgan fingerprint density at radius 2 is 1.87 bits per heavy atom. The van der Waals surface area contributed by atoms with E-state index in [1.807, 2.05) is 30.3 Å². The minimum absolute atomic E-state index is 0.210. The molecule has 31 heavy (non-hydrogen) atoms. The van der Waals surface area contributed by atoms with Gasteiger partial charge >= 0.3 is 6.36 Å². The molecule has 0 saturated carbocycles. The Hall–Kier alpha value is -3.14. The lowest BCUT2D eigenvalue weighted by atomic mass is 9.84. The fraction of sp³-hybridized carbons (Fsp3) is 0.286. The number of halogens is 3. The molecule has 0 radical (unpaired) electrons. The molecule has 0 aliphatic heterocycles. The average molecular weight is 451 g/mol. The zero-order valence-corrected chi connectivity index (χ0v) is 17.3. The van der Waals surface area contributed by atoms with E-state index >= 15 is 0 Å². The number of primary amides is 1. The molecule has 6 nitrogen and oxygen atoms in total. The van der Waals surface area contributed by atoms with Crippen molar-refractivity contribution in [3.63, 3.8) is 0 Å². The van der Waals surface area contributed by atoms with Crippen LogP contribution < -0.4 is 15.8 Å². The highest BCUT2D eigenvalue weighted by molar-refractivity contribution is 7.22. The van der Waals surface area contributed by atoms with Gasteiger partial charge in [0.25, 0.3) is 0 Å². The summed E-state index contributed by atoms with van der Waals surface area (Å²) in [5.41, 5.74) is 6.81. The first-order valence-corrected chi connectivity index (χ1v) is 10.3. The van der Waals surface area contributed by atoms with Crippen LogP contribution in [0.5, 0.6) is 5.75 Å². The van der Waals surface area contributed by atoms with E-state index in [-0.39, 0.29) is 10.9 Å². The summed E-state index contributed by atoms with van der Waals surface area (Å²) in [5.74, 6) is -2.78. The van der Waals surface area contributed by atoms with Crippen LogP contribution in [0.2, 0.25) is 0 Å². The number of amides is 2. The highest BCUT2D eigenvalue weighted by atomic mass is 32.1. The van der Waals surface area contributed by atoms with Crippen molar-refractivity contribution in [1.82, 2.24) is 4.98 Å². The summed E-state index contributed by atoms with van der Waals surface area (Å²) in [5, 5.41) is 2.90. The van der Waals surface area contributed by atoms with Crippen LogP contribution >= 0.6 is 11.3 Å². The number of anilines is 1. The minimum Gasteiger partial charge on any atom is -0.406 e. The number of benzene rings is 2. The zero-order chi connectivity index (χ0) is 22.6. The Morgan fingerprint density at radius 1 is 1.16 bits per heavy atom. The van der Waals surface area contributed by atoms with Crippen LogP contribution in [0.3, 0.4) is 0 Å². The van der Waals surface area contributed by atoms with Gasteiger partial charge in [-0.15, -0.1) is 13.2 Å². The van der Waals surface area contributed by atoms with Crippen molar-refractivity contribution >= 4 is 38.5 Å². The van der Waals surface area contributed by atoms with Crippen LogP contribution in [0, 0.1) is 11.8 Å². The number of carbonyl (C=O) groups excluding carboxylic acids is 2. The second-order valence-corrected chi connectivity index (χ2v) is 7.93. The molecule has 0 saturated heterocycles. The lowest BCUT2D eigenvalue weighted by Crippen LogP contribution is -2.38. The van der Waals surface area contributed by atoms with Crippen molar-refractivity contribution in [2.45, 2.75) is 26.1 Å². The van der Waals surface area contributed by atoms with E-state index in [1.165, 1.54) is 12.1 Å². The minimum atomic E-state index is -4.80. The van der Waals surface area contributed by atoms with Crippen LogP contribution in [0.1, 0.15) is 18.9 Å². The molecular formula is C21H20F3N3O3S. The van der Waals surface area contributed by atoms with Gasteiger partial charge in [0.05, 0.1) is 16.1 Å². The predicted molar refractivity (Wildman–Crippen MR) is 112 cm³/mol. The predicted octanol–water partition coefficient (Wildman–Crippen LogP) is 4.50. The van der Waals surface area contributed by atoms with Gasteiger partial charge in [-0.1, -0.05) is 48.6 Å². The summed E-state index contributed by atoms with van der Waals surface area (Å²) in [7, 11) is 0. The maximum absolute atomic E-state index is 13.0. The molecule has 3 aromatic rings. The SMILES string of the molecule is CCC(C(N)=O)[C@H](Cc1ccccc1)C(=O)Nc1nc2ccc(OC(F)(F)F)cc2s1. The Balaban J connectivity index is 1.83. The van der Waals surface area contributed by atoms with Gasteiger partial charge in [0.15, 0.2) is 5.13 Å². The molecule has 10 heteroatoms. The summed E-state index contributed by atoms with van der Waals surface area (Å²) < 4.78 is 41.6. The van der Waals surface area contributed by atoms with Crippen molar-refractivity contribution in [2.75, 3.05) is 5.32 Å². The van der Waals surface area contributed by atoms with Crippen molar-refractivity contribution < 1.29 is 27.5 Å². The molecule has 0 aliphatic rings. The third-order valence-corrected chi connectivity index (χ3v) is 5.68. The van der Waals surface area contributed by atoms with Gasteiger partial charge < -0.3 is 15.8 Å². The quantitative estimate of drug-likeness (QED) is 0.527. The number of nitrogens with two attached hydrogens (primary N) is 1.